The van der Waals surface area contributed by atoms with Crippen LogP contribution in [0.5, 0.6) is 11.5 Å². The van der Waals surface area contributed by atoms with Crippen molar-refractivity contribution in [2.45, 2.75) is 32.8 Å². The lowest BCUT2D eigenvalue weighted by Crippen LogP contribution is -2.29. The Morgan fingerprint density at radius 3 is 2.82 bits per heavy atom. The van der Waals surface area contributed by atoms with E-state index in [9.17, 15) is 9.59 Å². The first-order valence-corrected chi connectivity index (χ1v) is 7.27. The highest BCUT2D eigenvalue weighted by molar-refractivity contribution is 5.80. The van der Waals surface area contributed by atoms with Crippen LogP contribution in [-0.2, 0) is 20.7 Å². The van der Waals surface area contributed by atoms with E-state index in [1.165, 1.54) is 0 Å². The zero-order valence-electron chi connectivity index (χ0n) is 13.1. The first-order chi connectivity index (χ1) is 10.4. The average Bonchev–Trinajstić information content (AvgIpc) is 2.77. The predicted molar refractivity (Wildman–Crippen MR) is 80.0 cm³/mol. The molecule has 2 rings (SSSR count). The number of likely N-dealkylation sites (N-methyl/N-ethyl adjacent to an activating group) is 1. The SMILES string of the molecule is CCNC(=O)COC(=O)COc1cccc2c1OC(C)(C)C2. The molecule has 1 heterocycles. The van der Waals surface area contributed by atoms with Gasteiger partial charge in [0.25, 0.3) is 5.91 Å². The monoisotopic (exact) mass is 307 g/mol. The lowest BCUT2D eigenvalue weighted by Gasteiger charge is -2.18. The highest BCUT2D eigenvalue weighted by atomic mass is 16.6. The van der Waals surface area contributed by atoms with Gasteiger partial charge in [-0.05, 0) is 26.8 Å². The molecular weight excluding hydrogens is 286 g/mol. The van der Waals surface area contributed by atoms with E-state index < -0.39 is 5.97 Å². The maximum Gasteiger partial charge on any atom is 0.344 e. The van der Waals surface area contributed by atoms with Gasteiger partial charge >= 0.3 is 5.97 Å². The van der Waals surface area contributed by atoms with Crippen LogP contribution >= 0.6 is 0 Å². The van der Waals surface area contributed by atoms with Crippen LogP contribution in [0.1, 0.15) is 26.3 Å². The maximum absolute atomic E-state index is 11.6. The minimum Gasteiger partial charge on any atom is -0.483 e. The summed E-state index contributed by atoms with van der Waals surface area (Å²) in [4.78, 5) is 22.8. The quantitative estimate of drug-likeness (QED) is 0.805. The van der Waals surface area contributed by atoms with Gasteiger partial charge in [-0.3, -0.25) is 4.79 Å². The van der Waals surface area contributed by atoms with Crippen molar-refractivity contribution in [2.75, 3.05) is 19.8 Å². The van der Waals surface area contributed by atoms with Crippen molar-refractivity contribution in [1.29, 1.82) is 0 Å². The van der Waals surface area contributed by atoms with Crippen molar-refractivity contribution in [1.82, 2.24) is 5.32 Å². The summed E-state index contributed by atoms with van der Waals surface area (Å²) in [5, 5.41) is 2.54. The normalized spacial score (nSPS) is 14.7. The van der Waals surface area contributed by atoms with Gasteiger partial charge in [0, 0.05) is 18.5 Å². The van der Waals surface area contributed by atoms with Crippen molar-refractivity contribution in [3.8, 4) is 11.5 Å². The molecule has 1 aliphatic heterocycles. The molecule has 120 valence electrons. The Hall–Kier alpha value is -2.24. The molecule has 1 amide bonds. The number of ether oxygens (including phenoxy) is 3. The molecule has 0 saturated heterocycles. The van der Waals surface area contributed by atoms with Crippen molar-refractivity contribution in [3.63, 3.8) is 0 Å². The fourth-order valence-electron chi connectivity index (χ4n) is 2.27. The topological polar surface area (TPSA) is 73.9 Å². The highest BCUT2D eigenvalue weighted by Gasteiger charge is 2.32. The Kier molecular flexibility index (Phi) is 4.90. The number of hydrogen-bond acceptors (Lipinski definition) is 5. The second-order valence-electron chi connectivity index (χ2n) is 5.69. The average molecular weight is 307 g/mol. The minimum atomic E-state index is -0.596. The van der Waals surface area contributed by atoms with E-state index in [0.717, 1.165) is 12.0 Å². The predicted octanol–water partition coefficient (Wildman–Crippen LogP) is 1.46. The summed E-state index contributed by atoms with van der Waals surface area (Å²) in [6, 6.07) is 5.58. The molecule has 0 bridgehead atoms. The third-order valence-corrected chi connectivity index (χ3v) is 3.14. The molecule has 0 aromatic heterocycles. The summed E-state index contributed by atoms with van der Waals surface area (Å²) in [5.41, 5.74) is 0.777. The third-order valence-electron chi connectivity index (χ3n) is 3.14. The zero-order valence-corrected chi connectivity index (χ0v) is 13.1. The summed E-state index contributed by atoms with van der Waals surface area (Å²) in [7, 11) is 0. The van der Waals surface area contributed by atoms with Gasteiger partial charge in [0.15, 0.2) is 24.7 Å². The summed E-state index contributed by atoms with van der Waals surface area (Å²) >= 11 is 0. The number of amides is 1. The molecule has 0 spiro atoms. The van der Waals surface area contributed by atoms with Crippen LogP contribution < -0.4 is 14.8 Å². The maximum atomic E-state index is 11.6. The van der Waals surface area contributed by atoms with Crippen LogP contribution in [0.15, 0.2) is 18.2 Å². The highest BCUT2D eigenvalue weighted by Crippen LogP contribution is 2.41. The van der Waals surface area contributed by atoms with Gasteiger partial charge in [-0.2, -0.15) is 0 Å². The number of para-hydroxylation sites is 1. The number of esters is 1. The fourth-order valence-corrected chi connectivity index (χ4v) is 2.27. The molecule has 0 fully saturated rings. The van der Waals surface area contributed by atoms with Crippen LogP contribution in [0.25, 0.3) is 0 Å². The number of benzene rings is 1. The molecule has 0 saturated carbocycles. The van der Waals surface area contributed by atoms with Gasteiger partial charge in [-0.15, -0.1) is 0 Å². The van der Waals surface area contributed by atoms with E-state index in [1.54, 1.807) is 13.0 Å². The van der Waals surface area contributed by atoms with E-state index >= 15 is 0 Å². The molecule has 0 atom stereocenters. The van der Waals surface area contributed by atoms with Crippen LogP contribution in [0.3, 0.4) is 0 Å². The zero-order chi connectivity index (χ0) is 16.2. The number of nitrogens with one attached hydrogen (secondary N) is 1. The van der Waals surface area contributed by atoms with Crippen LogP contribution in [0.2, 0.25) is 0 Å². The lowest BCUT2D eigenvalue weighted by atomic mass is 10.0. The van der Waals surface area contributed by atoms with Gasteiger partial charge in [0.2, 0.25) is 0 Å². The standard InChI is InChI=1S/C16H21NO5/c1-4-17-13(18)9-21-14(19)10-20-12-7-5-6-11-8-16(2,3)22-15(11)12/h5-7H,4,8-10H2,1-3H3,(H,17,18). The number of rotatable bonds is 6. The molecule has 0 radical (unpaired) electrons. The molecule has 1 N–H and O–H groups in total. The third kappa shape index (κ3) is 4.13. The number of carbonyl (C=O) groups excluding carboxylic acids is 2. The molecule has 22 heavy (non-hydrogen) atoms. The number of carbonyl (C=O) groups is 2. The Labute approximate surface area is 129 Å². The van der Waals surface area contributed by atoms with Crippen molar-refractivity contribution < 1.29 is 23.8 Å². The van der Waals surface area contributed by atoms with Crippen LogP contribution in [-0.4, -0.2) is 37.2 Å². The Bertz CT molecular complexity index is 568. The van der Waals surface area contributed by atoms with Gasteiger partial charge < -0.3 is 19.5 Å². The largest absolute Gasteiger partial charge is 0.483 e. The minimum absolute atomic E-state index is 0.264. The second-order valence-corrected chi connectivity index (χ2v) is 5.69. The van der Waals surface area contributed by atoms with Crippen LogP contribution in [0, 0.1) is 0 Å². The molecule has 1 aromatic rings. The van der Waals surface area contributed by atoms with Crippen molar-refractivity contribution in [2.24, 2.45) is 0 Å². The summed E-state index contributed by atoms with van der Waals surface area (Å²) in [6.07, 6.45) is 0.793. The van der Waals surface area contributed by atoms with Crippen LogP contribution in [0.4, 0.5) is 0 Å². The Morgan fingerprint density at radius 1 is 1.32 bits per heavy atom. The lowest BCUT2D eigenvalue weighted by molar-refractivity contribution is -0.150. The first-order valence-electron chi connectivity index (χ1n) is 7.27. The van der Waals surface area contributed by atoms with E-state index in [1.807, 2.05) is 26.0 Å². The van der Waals surface area contributed by atoms with Crippen molar-refractivity contribution in [3.05, 3.63) is 23.8 Å². The van der Waals surface area contributed by atoms with Gasteiger partial charge in [0.05, 0.1) is 0 Å². The van der Waals surface area contributed by atoms with E-state index in [0.29, 0.717) is 18.0 Å². The second kappa shape index (κ2) is 6.68. The smallest absolute Gasteiger partial charge is 0.344 e. The fraction of sp³-hybridized carbons (Fsp3) is 0.500. The Balaban J connectivity index is 1.87. The summed E-state index contributed by atoms with van der Waals surface area (Å²) < 4.78 is 16.1. The number of hydrogen-bond donors (Lipinski definition) is 1. The molecule has 0 unspecified atom stereocenters. The van der Waals surface area contributed by atoms with E-state index in [-0.39, 0.29) is 24.7 Å². The molecule has 1 aromatic carbocycles. The molecule has 0 aliphatic carbocycles. The van der Waals surface area contributed by atoms with Gasteiger partial charge in [-0.1, -0.05) is 12.1 Å². The molecule has 6 heteroatoms. The number of fused-ring (bicyclic) bond motifs is 1. The Morgan fingerprint density at radius 2 is 2.09 bits per heavy atom. The first kappa shape index (κ1) is 16.1. The van der Waals surface area contributed by atoms with Crippen molar-refractivity contribution >= 4 is 11.9 Å². The molecule has 1 aliphatic rings. The summed E-state index contributed by atoms with van der Waals surface area (Å²) in [5.74, 6) is 0.254. The summed E-state index contributed by atoms with van der Waals surface area (Å²) in [6.45, 7) is 5.72. The molecular formula is C16H21NO5. The van der Waals surface area contributed by atoms with E-state index in [2.05, 4.69) is 5.32 Å². The van der Waals surface area contributed by atoms with E-state index in [4.69, 9.17) is 14.2 Å². The van der Waals surface area contributed by atoms with Gasteiger partial charge in [-0.25, -0.2) is 4.79 Å². The molecule has 6 nitrogen and oxygen atoms in total. The van der Waals surface area contributed by atoms with Gasteiger partial charge in [0.1, 0.15) is 5.60 Å².